The molecule has 84 valence electrons. The van der Waals surface area contributed by atoms with E-state index in [1.165, 1.54) is 0 Å². The molecule has 2 aromatic rings. The van der Waals surface area contributed by atoms with Crippen LogP contribution in [0.15, 0.2) is 48.8 Å². The molecule has 1 aromatic carbocycles. The lowest BCUT2D eigenvalue weighted by atomic mass is 10.1. The van der Waals surface area contributed by atoms with Crippen molar-refractivity contribution in [3.8, 4) is 0 Å². The van der Waals surface area contributed by atoms with Gasteiger partial charge < -0.3 is 5.32 Å². The average Bonchev–Trinajstić information content (AvgIpc) is 2.39. The number of anilines is 2. The molecule has 0 unspecified atom stereocenters. The van der Waals surface area contributed by atoms with E-state index in [4.69, 9.17) is 0 Å². The van der Waals surface area contributed by atoms with Crippen LogP contribution in [0, 0.1) is 0 Å². The summed E-state index contributed by atoms with van der Waals surface area (Å²) in [7, 11) is 0. The summed E-state index contributed by atoms with van der Waals surface area (Å²) in [5.74, 6) is 0. The van der Waals surface area contributed by atoms with Crippen molar-refractivity contribution in [2.45, 2.75) is 6.54 Å². The van der Waals surface area contributed by atoms with Crippen LogP contribution in [-0.4, -0.2) is 11.0 Å². The molecule has 1 N–H and O–H groups in total. The topological polar surface area (TPSA) is 45.2 Å². The van der Waals surface area contributed by atoms with Gasteiger partial charge in [0.1, 0.15) is 0 Å². The lowest BCUT2D eigenvalue weighted by molar-refractivity contribution is 0.256. The van der Waals surface area contributed by atoms with E-state index in [2.05, 4.69) is 10.3 Å². The summed E-state index contributed by atoms with van der Waals surface area (Å²) in [4.78, 5) is 17.6. The molecule has 0 saturated carbocycles. The summed E-state index contributed by atoms with van der Waals surface area (Å²) in [6.45, 7) is 0.589. The molecule has 0 fully saturated rings. The summed E-state index contributed by atoms with van der Waals surface area (Å²) in [5, 5.41) is 2.88. The highest BCUT2D eigenvalue weighted by atomic mass is 16.2. The van der Waals surface area contributed by atoms with Crippen LogP contribution in [0.5, 0.6) is 0 Å². The Balaban J connectivity index is 1.98. The lowest BCUT2D eigenvalue weighted by Gasteiger charge is -2.29. The molecule has 4 nitrogen and oxygen atoms in total. The second-order valence-electron chi connectivity index (χ2n) is 3.88. The molecule has 0 spiro atoms. The predicted molar refractivity (Wildman–Crippen MR) is 65.9 cm³/mol. The number of urea groups is 1. The zero-order chi connectivity index (χ0) is 11.7. The number of para-hydroxylation sites is 1. The van der Waals surface area contributed by atoms with Gasteiger partial charge >= 0.3 is 6.03 Å². The molecule has 1 aliphatic rings. The molecule has 17 heavy (non-hydrogen) atoms. The molecule has 1 aromatic heterocycles. The SMILES string of the molecule is O=C1Nc2ccccc2CN1c1ccncc1. The van der Waals surface area contributed by atoms with Gasteiger partial charge in [0.15, 0.2) is 0 Å². The maximum atomic E-state index is 12.0. The summed E-state index contributed by atoms with van der Waals surface area (Å²) in [6, 6.07) is 11.4. The van der Waals surface area contributed by atoms with Crippen molar-refractivity contribution < 1.29 is 4.79 Å². The van der Waals surface area contributed by atoms with Gasteiger partial charge in [-0.25, -0.2) is 4.79 Å². The Hall–Kier alpha value is -2.36. The van der Waals surface area contributed by atoms with Crippen molar-refractivity contribution in [1.82, 2.24) is 4.98 Å². The number of aromatic nitrogens is 1. The number of hydrogen-bond acceptors (Lipinski definition) is 2. The minimum atomic E-state index is -0.102. The van der Waals surface area contributed by atoms with Crippen LogP contribution in [0.1, 0.15) is 5.56 Å². The van der Waals surface area contributed by atoms with E-state index >= 15 is 0 Å². The highest BCUT2D eigenvalue weighted by molar-refractivity contribution is 6.04. The highest BCUT2D eigenvalue weighted by Gasteiger charge is 2.22. The van der Waals surface area contributed by atoms with E-state index in [1.807, 2.05) is 36.4 Å². The first-order valence-electron chi connectivity index (χ1n) is 5.41. The second-order valence-corrected chi connectivity index (χ2v) is 3.88. The second kappa shape index (κ2) is 3.90. The first kappa shape index (κ1) is 9.84. The van der Waals surface area contributed by atoms with Crippen molar-refractivity contribution in [2.24, 2.45) is 0 Å². The number of benzene rings is 1. The Bertz CT molecular complexity index is 554. The third kappa shape index (κ3) is 1.73. The van der Waals surface area contributed by atoms with Crippen molar-refractivity contribution in [3.63, 3.8) is 0 Å². The number of pyridine rings is 1. The number of fused-ring (bicyclic) bond motifs is 1. The Morgan fingerprint density at radius 3 is 2.71 bits per heavy atom. The average molecular weight is 225 g/mol. The molecule has 3 rings (SSSR count). The normalized spacial score (nSPS) is 14.1. The zero-order valence-corrected chi connectivity index (χ0v) is 9.13. The summed E-state index contributed by atoms with van der Waals surface area (Å²) >= 11 is 0. The van der Waals surface area contributed by atoms with E-state index < -0.39 is 0 Å². The summed E-state index contributed by atoms with van der Waals surface area (Å²) in [6.07, 6.45) is 3.37. The van der Waals surface area contributed by atoms with Gasteiger partial charge in [-0.05, 0) is 23.8 Å². The van der Waals surface area contributed by atoms with Gasteiger partial charge in [-0.1, -0.05) is 18.2 Å². The van der Waals surface area contributed by atoms with Crippen LogP contribution < -0.4 is 10.2 Å². The molecular weight excluding hydrogens is 214 g/mol. The number of nitrogens with zero attached hydrogens (tertiary/aromatic N) is 2. The minimum Gasteiger partial charge on any atom is -0.307 e. The first-order chi connectivity index (χ1) is 8.34. The van der Waals surface area contributed by atoms with Gasteiger partial charge in [-0.3, -0.25) is 9.88 Å². The van der Waals surface area contributed by atoms with Crippen molar-refractivity contribution in [1.29, 1.82) is 0 Å². The quantitative estimate of drug-likeness (QED) is 0.810. The van der Waals surface area contributed by atoms with E-state index in [9.17, 15) is 4.79 Å². The lowest BCUT2D eigenvalue weighted by Crippen LogP contribution is -2.38. The van der Waals surface area contributed by atoms with E-state index in [0.717, 1.165) is 16.9 Å². The first-order valence-corrected chi connectivity index (χ1v) is 5.41. The van der Waals surface area contributed by atoms with Gasteiger partial charge in [0.2, 0.25) is 0 Å². The number of carbonyl (C=O) groups is 1. The molecule has 0 bridgehead atoms. The summed E-state index contributed by atoms with van der Waals surface area (Å²) in [5.41, 5.74) is 2.86. The number of nitrogens with one attached hydrogen (secondary N) is 1. The van der Waals surface area contributed by atoms with Crippen LogP contribution in [-0.2, 0) is 6.54 Å². The van der Waals surface area contributed by atoms with E-state index in [-0.39, 0.29) is 6.03 Å². The maximum Gasteiger partial charge on any atom is 0.326 e. The fourth-order valence-electron chi connectivity index (χ4n) is 1.94. The molecule has 4 heteroatoms. The highest BCUT2D eigenvalue weighted by Crippen LogP contribution is 2.26. The number of amides is 2. The Morgan fingerprint density at radius 2 is 1.88 bits per heavy atom. The number of rotatable bonds is 1. The largest absolute Gasteiger partial charge is 0.326 e. The molecule has 0 atom stereocenters. The van der Waals surface area contributed by atoms with Crippen molar-refractivity contribution in [3.05, 3.63) is 54.4 Å². The standard InChI is InChI=1S/C13H11N3O/c17-13-15-12-4-2-1-3-10(12)9-16(13)11-5-7-14-8-6-11/h1-8H,9H2,(H,15,17). The minimum absolute atomic E-state index is 0.102. The van der Waals surface area contributed by atoms with Gasteiger partial charge in [0.25, 0.3) is 0 Å². The van der Waals surface area contributed by atoms with Crippen LogP contribution in [0.25, 0.3) is 0 Å². The molecule has 2 amide bonds. The maximum absolute atomic E-state index is 12.0. The molecular formula is C13H11N3O. The molecule has 0 radical (unpaired) electrons. The van der Waals surface area contributed by atoms with Gasteiger partial charge in [0, 0.05) is 23.8 Å². The van der Waals surface area contributed by atoms with Gasteiger partial charge in [-0.2, -0.15) is 0 Å². The Kier molecular flexibility index (Phi) is 2.26. The van der Waals surface area contributed by atoms with Crippen LogP contribution in [0.2, 0.25) is 0 Å². The predicted octanol–water partition coefficient (Wildman–Crippen LogP) is 2.63. The monoisotopic (exact) mass is 225 g/mol. The van der Waals surface area contributed by atoms with Gasteiger partial charge in [0.05, 0.1) is 6.54 Å². The third-order valence-electron chi connectivity index (χ3n) is 2.81. The fourth-order valence-corrected chi connectivity index (χ4v) is 1.94. The van der Waals surface area contributed by atoms with Crippen LogP contribution in [0.3, 0.4) is 0 Å². The Labute approximate surface area is 98.9 Å². The van der Waals surface area contributed by atoms with Crippen LogP contribution >= 0.6 is 0 Å². The number of carbonyl (C=O) groups excluding carboxylic acids is 1. The van der Waals surface area contributed by atoms with Gasteiger partial charge in [-0.15, -0.1) is 0 Å². The van der Waals surface area contributed by atoms with Crippen molar-refractivity contribution >= 4 is 17.4 Å². The van der Waals surface area contributed by atoms with E-state index in [0.29, 0.717) is 6.54 Å². The smallest absolute Gasteiger partial charge is 0.307 e. The van der Waals surface area contributed by atoms with E-state index in [1.54, 1.807) is 17.3 Å². The molecule has 2 heterocycles. The molecule has 1 aliphatic heterocycles. The zero-order valence-electron chi connectivity index (χ0n) is 9.13. The third-order valence-corrected chi connectivity index (χ3v) is 2.81. The summed E-state index contributed by atoms with van der Waals surface area (Å²) < 4.78 is 0. The fraction of sp³-hybridized carbons (Fsp3) is 0.0769. The Morgan fingerprint density at radius 1 is 1.12 bits per heavy atom. The molecule has 0 saturated heterocycles. The molecule has 0 aliphatic carbocycles. The van der Waals surface area contributed by atoms with Crippen molar-refractivity contribution in [2.75, 3.05) is 10.2 Å². The number of hydrogen-bond donors (Lipinski definition) is 1. The van der Waals surface area contributed by atoms with Crippen LogP contribution in [0.4, 0.5) is 16.2 Å².